The van der Waals surface area contributed by atoms with Gasteiger partial charge in [0, 0.05) is 12.2 Å². The van der Waals surface area contributed by atoms with Gasteiger partial charge in [-0.15, -0.1) is 0 Å². The van der Waals surface area contributed by atoms with Crippen molar-refractivity contribution in [1.29, 1.82) is 0 Å². The summed E-state index contributed by atoms with van der Waals surface area (Å²) in [5.74, 6) is -0.724. The Kier molecular flexibility index (Phi) is 73.1. The summed E-state index contributed by atoms with van der Waals surface area (Å²) in [6, 6.07) is 0. The highest BCUT2D eigenvalue weighted by molar-refractivity contribution is 5.81. The number of rotatable bonds is 11. The van der Waals surface area contributed by atoms with Crippen molar-refractivity contribution in [2.24, 2.45) is 0 Å². The molecule has 6 heteroatoms. The molecule has 0 saturated carbocycles. The highest BCUT2D eigenvalue weighted by atomic mass is 16.5. The van der Waals surface area contributed by atoms with Gasteiger partial charge in [-0.3, -0.25) is 0 Å². The van der Waals surface area contributed by atoms with Crippen molar-refractivity contribution >= 4 is 25.5 Å². The third kappa shape index (κ3) is 43.0. The maximum atomic E-state index is 10.7. The number of esters is 2. The van der Waals surface area contributed by atoms with Crippen LogP contribution in [0.4, 0.5) is 0 Å². The van der Waals surface area contributed by atoms with Crippen molar-refractivity contribution < 1.29 is 28.7 Å². The summed E-state index contributed by atoms with van der Waals surface area (Å²) in [4.78, 5) is 37.4. The van der Waals surface area contributed by atoms with Gasteiger partial charge in [-0.25, -0.2) is 9.59 Å². The first-order chi connectivity index (χ1) is 10.7. The van der Waals surface area contributed by atoms with Gasteiger partial charge < -0.3 is 19.1 Å². The maximum absolute atomic E-state index is 10.7. The standard InChI is InChI=1S/C14H22O4.2CH2O.4CH4/c1-3-13(15)17-11-9-7-5-6-8-10-12-18-14(16)4-2;2*1-2;;;;/h3-4H,1-2,5-12H2;2*1H2;4*1H4. The van der Waals surface area contributed by atoms with Crippen molar-refractivity contribution in [2.45, 2.75) is 68.2 Å². The quantitative estimate of drug-likeness (QED) is 0.287. The van der Waals surface area contributed by atoms with E-state index in [1.54, 1.807) is 0 Å². The van der Waals surface area contributed by atoms with Crippen LogP contribution in [0.25, 0.3) is 0 Å². The summed E-state index contributed by atoms with van der Waals surface area (Å²) in [6.07, 6.45) is 8.38. The molecule has 0 aromatic rings. The molecule has 0 amide bonds. The second kappa shape index (κ2) is 43.4. The van der Waals surface area contributed by atoms with Gasteiger partial charge in [0.2, 0.25) is 0 Å². The highest BCUT2D eigenvalue weighted by Crippen LogP contribution is 2.05. The summed E-state index contributed by atoms with van der Waals surface area (Å²) in [7, 11) is 0. The number of hydrogen-bond donors (Lipinski definition) is 0. The van der Waals surface area contributed by atoms with Crippen LogP contribution in [0.5, 0.6) is 0 Å². The molecule has 0 aliphatic rings. The van der Waals surface area contributed by atoms with Crippen LogP contribution < -0.4 is 0 Å². The molecule has 26 heavy (non-hydrogen) atoms. The lowest BCUT2D eigenvalue weighted by molar-refractivity contribution is -0.138. The van der Waals surface area contributed by atoms with E-state index < -0.39 is 0 Å². The minimum absolute atomic E-state index is 0. The number of carbonyl (C=O) groups is 4. The SMILES string of the molecule is C.C.C.C.C=CC(=O)OCCCCCCCCOC(=O)C=C.C=O.C=O. The van der Waals surface area contributed by atoms with Gasteiger partial charge in [0.15, 0.2) is 0 Å². The van der Waals surface area contributed by atoms with E-state index in [0.29, 0.717) is 13.2 Å². The molecule has 0 radical (unpaired) electrons. The number of hydrogen-bond acceptors (Lipinski definition) is 6. The number of ether oxygens (including phenoxy) is 2. The van der Waals surface area contributed by atoms with Crippen LogP contribution in [-0.4, -0.2) is 38.7 Å². The first kappa shape index (κ1) is 43.8. The molecule has 6 nitrogen and oxygen atoms in total. The smallest absolute Gasteiger partial charge is 0.330 e. The van der Waals surface area contributed by atoms with E-state index in [2.05, 4.69) is 13.2 Å². The van der Waals surface area contributed by atoms with Crippen molar-refractivity contribution in [1.82, 2.24) is 0 Å². The third-order valence-electron chi connectivity index (χ3n) is 2.36. The van der Waals surface area contributed by atoms with Crippen LogP contribution in [0.2, 0.25) is 0 Å². The van der Waals surface area contributed by atoms with E-state index in [0.717, 1.165) is 38.5 Å². The van der Waals surface area contributed by atoms with Crippen molar-refractivity contribution in [2.75, 3.05) is 13.2 Å². The van der Waals surface area contributed by atoms with Crippen LogP contribution >= 0.6 is 0 Å². The summed E-state index contributed by atoms with van der Waals surface area (Å²) in [6.45, 7) is 11.6. The van der Waals surface area contributed by atoms with E-state index in [1.807, 2.05) is 13.6 Å². The van der Waals surface area contributed by atoms with Crippen molar-refractivity contribution in [3.05, 3.63) is 25.3 Å². The molecule has 0 spiro atoms. The first-order valence-corrected chi connectivity index (χ1v) is 6.87. The molecule has 0 N–H and O–H groups in total. The molecule has 0 aliphatic carbocycles. The molecular weight excluding hydrogens is 336 g/mol. The zero-order valence-electron chi connectivity index (χ0n) is 13.1. The topological polar surface area (TPSA) is 86.7 Å². The molecule has 0 atom stereocenters. The fourth-order valence-electron chi connectivity index (χ4n) is 1.37. The molecular formula is C20H42O6. The summed E-state index contributed by atoms with van der Waals surface area (Å²) in [5, 5.41) is 0. The molecule has 0 aromatic carbocycles. The molecule has 0 saturated heterocycles. The summed E-state index contributed by atoms with van der Waals surface area (Å²) in [5.41, 5.74) is 0. The fourth-order valence-corrected chi connectivity index (χ4v) is 1.37. The predicted molar refractivity (Wildman–Crippen MR) is 111 cm³/mol. The largest absolute Gasteiger partial charge is 0.463 e. The van der Waals surface area contributed by atoms with Gasteiger partial charge in [-0.1, -0.05) is 68.5 Å². The number of carbonyl (C=O) groups excluding carboxylic acids is 4. The zero-order valence-corrected chi connectivity index (χ0v) is 13.1. The molecule has 0 unspecified atom stereocenters. The molecule has 0 fully saturated rings. The van der Waals surface area contributed by atoms with Crippen LogP contribution in [0.15, 0.2) is 25.3 Å². The lowest BCUT2D eigenvalue weighted by atomic mass is 10.1. The van der Waals surface area contributed by atoms with Gasteiger partial charge in [-0.2, -0.15) is 0 Å². The van der Waals surface area contributed by atoms with E-state index in [4.69, 9.17) is 19.1 Å². The zero-order chi connectivity index (χ0) is 17.6. The average molecular weight is 379 g/mol. The van der Waals surface area contributed by atoms with Crippen LogP contribution in [0, 0.1) is 0 Å². The van der Waals surface area contributed by atoms with E-state index in [1.165, 1.54) is 12.2 Å². The molecule has 0 rings (SSSR count). The Balaban J connectivity index is -0.0000000839. The van der Waals surface area contributed by atoms with Gasteiger partial charge in [0.25, 0.3) is 0 Å². The number of unbranched alkanes of at least 4 members (excludes halogenated alkanes) is 5. The normalized spacial score (nSPS) is 6.92. The Hall–Kier alpha value is -2.24. The van der Waals surface area contributed by atoms with Crippen LogP contribution in [0.3, 0.4) is 0 Å². The Bertz CT molecular complexity index is 273. The van der Waals surface area contributed by atoms with Crippen molar-refractivity contribution in [3.8, 4) is 0 Å². The Morgan fingerprint density at radius 3 is 1.04 bits per heavy atom. The van der Waals surface area contributed by atoms with Crippen molar-refractivity contribution in [3.63, 3.8) is 0 Å². The van der Waals surface area contributed by atoms with Gasteiger partial charge >= 0.3 is 11.9 Å². The van der Waals surface area contributed by atoms with Gasteiger partial charge in [0.1, 0.15) is 13.6 Å². The lowest BCUT2D eigenvalue weighted by Crippen LogP contribution is -2.02. The fraction of sp³-hybridized carbons (Fsp3) is 0.600. The Labute approximate surface area is 161 Å². The van der Waals surface area contributed by atoms with E-state index in [9.17, 15) is 9.59 Å². The van der Waals surface area contributed by atoms with Crippen LogP contribution in [0.1, 0.15) is 68.2 Å². The molecule has 0 aliphatic heterocycles. The highest BCUT2D eigenvalue weighted by Gasteiger charge is 1.97. The maximum Gasteiger partial charge on any atom is 0.330 e. The average Bonchev–Trinajstić information content (AvgIpc) is 2.59. The Morgan fingerprint density at radius 1 is 0.577 bits per heavy atom. The minimum Gasteiger partial charge on any atom is -0.463 e. The lowest BCUT2D eigenvalue weighted by Gasteiger charge is -2.03. The molecule has 0 bridgehead atoms. The second-order valence-corrected chi connectivity index (χ2v) is 3.86. The van der Waals surface area contributed by atoms with Gasteiger partial charge in [-0.05, 0) is 12.8 Å². The summed E-state index contributed by atoms with van der Waals surface area (Å²) < 4.78 is 9.70. The van der Waals surface area contributed by atoms with Crippen LogP contribution in [-0.2, 0) is 28.7 Å². The van der Waals surface area contributed by atoms with Gasteiger partial charge in [0.05, 0.1) is 13.2 Å². The summed E-state index contributed by atoms with van der Waals surface area (Å²) >= 11 is 0. The first-order valence-electron chi connectivity index (χ1n) is 6.87. The Morgan fingerprint density at radius 2 is 0.808 bits per heavy atom. The predicted octanol–water partition coefficient (Wildman–Crippen LogP) is 4.96. The van der Waals surface area contributed by atoms with E-state index >= 15 is 0 Å². The molecule has 158 valence electrons. The second-order valence-electron chi connectivity index (χ2n) is 3.86. The van der Waals surface area contributed by atoms with E-state index in [-0.39, 0.29) is 41.6 Å². The molecule has 0 heterocycles. The monoisotopic (exact) mass is 378 g/mol. The molecule has 0 aromatic heterocycles. The third-order valence-corrected chi connectivity index (χ3v) is 2.36. The minimum atomic E-state index is -0.362.